The van der Waals surface area contributed by atoms with Crippen LogP contribution in [0, 0.1) is 6.92 Å². The average Bonchev–Trinajstić information content (AvgIpc) is 2.69. The number of thiazole rings is 1. The number of hydrogen-bond acceptors (Lipinski definition) is 4. The Balaban J connectivity index is 2.18. The molecule has 0 spiro atoms. The van der Waals surface area contributed by atoms with Crippen molar-refractivity contribution in [2.75, 3.05) is 11.1 Å². The molecule has 2 rings (SSSR count). The van der Waals surface area contributed by atoms with Gasteiger partial charge >= 0.3 is 0 Å². The van der Waals surface area contributed by atoms with E-state index in [1.54, 1.807) is 17.5 Å². The first-order valence-corrected chi connectivity index (χ1v) is 6.10. The lowest BCUT2D eigenvalue weighted by molar-refractivity contribution is 0.102. The molecule has 0 aliphatic rings. The number of anilines is 2. The fourth-order valence-electron chi connectivity index (χ4n) is 1.30. The molecule has 0 bridgehead atoms. The number of nitrogen functional groups attached to an aromatic ring is 1. The lowest BCUT2D eigenvalue weighted by Crippen LogP contribution is -2.12. The van der Waals surface area contributed by atoms with Crippen LogP contribution in [-0.2, 0) is 0 Å². The molecule has 88 valence electrons. The first-order chi connectivity index (χ1) is 8.06. The normalized spacial score (nSPS) is 10.2. The van der Waals surface area contributed by atoms with E-state index in [1.165, 1.54) is 11.3 Å². The maximum atomic E-state index is 11.8. The number of aryl methyl sites for hydroxylation is 1. The number of hydrogen-bond donors (Lipinski definition) is 2. The molecule has 1 amide bonds. The van der Waals surface area contributed by atoms with Crippen molar-refractivity contribution in [2.24, 2.45) is 0 Å². The zero-order valence-corrected chi connectivity index (χ0v) is 10.6. The maximum Gasteiger partial charge on any atom is 0.275 e. The molecule has 0 radical (unpaired) electrons. The Labute approximate surface area is 107 Å². The molecule has 0 aliphatic heterocycles. The summed E-state index contributed by atoms with van der Waals surface area (Å²) in [6.45, 7) is 1.93. The van der Waals surface area contributed by atoms with Crippen LogP contribution in [0.4, 0.5) is 10.8 Å². The van der Waals surface area contributed by atoms with E-state index in [0.717, 1.165) is 5.56 Å². The van der Waals surface area contributed by atoms with Crippen LogP contribution in [0.5, 0.6) is 0 Å². The Hall–Kier alpha value is -1.59. The van der Waals surface area contributed by atoms with Crippen molar-refractivity contribution in [2.45, 2.75) is 6.92 Å². The summed E-state index contributed by atoms with van der Waals surface area (Å²) in [5, 5.41) is 5.16. The van der Waals surface area contributed by atoms with Crippen molar-refractivity contribution in [3.8, 4) is 0 Å². The number of aromatic nitrogens is 1. The van der Waals surface area contributed by atoms with Crippen LogP contribution in [0.3, 0.4) is 0 Å². The Morgan fingerprint density at radius 2 is 2.29 bits per heavy atom. The van der Waals surface area contributed by atoms with Gasteiger partial charge in [0, 0.05) is 5.38 Å². The fourth-order valence-corrected chi connectivity index (χ4v) is 2.13. The molecule has 0 unspecified atom stereocenters. The number of carbonyl (C=O) groups excluding carboxylic acids is 1. The number of halogens is 1. The molecule has 0 atom stereocenters. The molecular formula is C11H10ClN3OS. The second kappa shape index (κ2) is 4.73. The fraction of sp³-hybridized carbons (Fsp3) is 0.0909. The van der Waals surface area contributed by atoms with Gasteiger partial charge < -0.3 is 11.1 Å². The molecule has 4 nitrogen and oxygen atoms in total. The van der Waals surface area contributed by atoms with Gasteiger partial charge in [0.2, 0.25) is 0 Å². The highest BCUT2D eigenvalue weighted by atomic mass is 35.5. The third kappa shape index (κ3) is 2.75. The van der Waals surface area contributed by atoms with Gasteiger partial charge in [-0.3, -0.25) is 4.79 Å². The highest BCUT2D eigenvalue weighted by Gasteiger charge is 2.11. The van der Waals surface area contributed by atoms with Gasteiger partial charge in [-0.05, 0) is 24.6 Å². The molecule has 0 aliphatic carbocycles. The van der Waals surface area contributed by atoms with Crippen LogP contribution < -0.4 is 11.1 Å². The third-order valence-electron chi connectivity index (χ3n) is 2.13. The summed E-state index contributed by atoms with van der Waals surface area (Å²) < 4.78 is 0. The quantitative estimate of drug-likeness (QED) is 0.879. The average molecular weight is 268 g/mol. The van der Waals surface area contributed by atoms with Crippen molar-refractivity contribution in [3.63, 3.8) is 0 Å². The second-order valence-corrected chi connectivity index (χ2v) is 4.81. The van der Waals surface area contributed by atoms with Crippen LogP contribution in [0.2, 0.25) is 5.02 Å². The number of nitrogens with two attached hydrogens (primary N) is 1. The molecule has 1 aromatic heterocycles. The molecule has 1 heterocycles. The van der Waals surface area contributed by atoms with Gasteiger partial charge in [-0.15, -0.1) is 11.3 Å². The van der Waals surface area contributed by atoms with Crippen molar-refractivity contribution in [3.05, 3.63) is 39.9 Å². The predicted molar refractivity (Wildman–Crippen MR) is 70.7 cm³/mol. The Morgan fingerprint density at radius 1 is 1.53 bits per heavy atom. The number of benzene rings is 1. The number of nitrogens with zero attached hydrogens (tertiary/aromatic N) is 1. The van der Waals surface area contributed by atoms with E-state index in [2.05, 4.69) is 10.3 Å². The van der Waals surface area contributed by atoms with Gasteiger partial charge in [-0.1, -0.05) is 17.7 Å². The molecular weight excluding hydrogens is 258 g/mol. The first kappa shape index (κ1) is 11.9. The highest BCUT2D eigenvalue weighted by Crippen LogP contribution is 2.23. The monoisotopic (exact) mass is 267 g/mol. The molecule has 2 aromatic rings. The van der Waals surface area contributed by atoms with E-state index in [9.17, 15) is 4.79 Å². The lowest BCUT2D eigenvalue weighted by atomic mass is 10.2. The zero-order valence-electron chi connectivity index (χ0n) is 9.03. The SMILES string of the molecule is Cc1ccc(NC(=O)c2csc(N)n2)c(Cl)c1. The zero-order chi connectivity index (χ0) is 12.4. The summed E-state index contributed by atoms with van der Waals surface area (Å²) in [4.78, 5) is 15.7. The van der Waals surface area contributed by atoms with E-state index in [-0.39, 0.29) is 5.91 Å². The Kier molecular flexibility index (Phi) is 3.31. The summed E-state index contributed by atoms with van der Waals surface area (Å²) >= 11 is 7.23. The molecule has 17 heavy (non-hydrogen) atoms. The number of rotatable bonds is 2. The maximum absolute atomic E-state index is 11.8. The highest BCUT2D eigenvalue weighted by molar-refractivity contribution is 7.13. The van der Waals surface area contributed by atoms with Gasteiger partial charge in [-0.25, -0.2) is 4.98 Å². The summed E-state index contributed by atoms with van der Waals surface area (Å²) in [6, 6.07) is 5.41. The minimum Gasteiger partial charge on any atom is -0.375 e. The van der Waals surface area contributed by atoms with Crippen molar-refractivity contribution < 1.29 is 4.79 Å². The van der Waals surface area contributed by atoms with E-state index >= 15 is 0 Å². The summed E-state index contributed by atoms with van der Waals surface area (Å²) in [7, 11) is 0. The minimum absolute atomic E-state index is 0.296. The van der Waals surface area contributed by atoms with Gasteiger partial charge in [0.25, 0.3) is 5.91 Å². The smallest absolute Gasteiger partial charge is 0.275 e. The molecule has 1 aromatic carbocycles. The molecule has 0 saturated heterocycles. The molecule has 6 heteroatoms. The number of carbonyl (C=O) groups is 1. The predicted octanol–water partition coefficient (Wildman–Crippen LogP) is 2.94. The van der Waals surface area contributed by atoms with E-state index in [4.69, 9.17) is 17.3 Å². The third-order valence-corrected chi connectivity index (χ3v) is 3.11. The Bertz CT molecular complexity index is 568. The standard InChI is InChI=1S/C11H10ClN3OS/c1-6-2-3-8(7(12)4-6)14-10(16)9-5-17-11(13)15-9/h2-5H,1H3,(H2,13,15)(H,14,16). The van der Waals surface area contributed by atoms with Crippen molar-refractivity contribution in [1.29, 1.82) is 0 Å². The van der Waals surface area contributed by atoms with Crippen LogP contribution in [0.1, 0.15) is 16.1 Å². The van der Waals surface area contributed by atoms with Gasteiger partial charge in [0.05, 0.1) is 10.7 Å². The van der Waals surface area contributed by atoms with Crippen LogP contribution in [0.15, 0.2) is 23.6 Å². The second-order valence-electron chi connectivity index (χ2n) is 3.51. The molecule has 3 N–H and O–H groups in total. The lowest BCUT2D eigenvalue weighted by Gasteiger charge is -2.06. The van der Waals surface area contributed by atoms with E-state index in [1.807, 2.05) is 13.0 Å². The molecule has 0 fully saturated rings. The van der Waals surface area contributed by atoms with Gasteiger partial charge in [-0.2, -0.15) is 0 Å². The first-order valence-electron chi connectivity index (χ1n) is 4.85. The van der Waals surface area contributed by atoms with Gasteiger partial charge in [0.15, 0.2) is 5.13 Å². The van der Waals surface area contributed by atoms with E-state index in [0.29, 0.717) is 21.5 Å². The Morgan fingerprint density at radius 3 is 2.88 bits per heavy atom. The van der Waals surface area contributed by atoms with Crippen LogP contribution >= 0.6 is 22.9 Å². The summed E-state index contributed by atoms with van der Waals surface area (Å²) in [5.74, 6) is -0.316. The molecule has 0 saturated carbocycles. The van der Waals surface area contributed by atoms with Crippen molar-refractivity contribution >= 4 is 39.7 Å². The van der Waals surface area contributed by atoms with Crippen molar-refractivity contribution in [1.82, 2.24) is 4.98 Å². The van der Waals surface area contributed by atoms with Gasteiger partial charge in [0.1, 0.15) is 5.69 Å². The largest absolute Gasteiger partial charge is 0.375 e. The summed E-state index contributed by atoms with van der Waals surface area (Å²) in [6.07, 6.45) is 0. The van der Waals surface area contributed by atoms with Crippen LogP contribution in [0.25, 0.3) is 0 Å². The van der Waals surface area contributed by atoms with E-state index < -0.39 is 0 Å². The number of amides is 1. The van der Waals surface area contributed by atoms with Crippen LogP contribution in [-0.4, -0.2) is 10.9 Å². The summed E-state index contributed by atoms with van der Waals surface area (Å²) in [5.41, 5.74) is 7.35. The topological polar surface area (TPSA) is 68.0 Å². The minimum atomic E-state index is -0.316. The number of nitrogens with one attached hydrogen (secondary N) is 1.